The van der Waals surface area contributed by atoms with Gasteiger partial charge in [0, 0.05) is 16.1 Å². The molecule has 0 bridgehead atoms. The number of rotatable bonds is 4. The Balaban J connectivity index is 2.32. The molecule has 22 heavy (non-hydrogen) atoms. The second-order valence-corrected chi connectivity index (χ2v) is 5.77. The summed E-state index contributed by atoms with van der Waals surface area (Å²) in [7, 11) is 0. The molecule has 0 spiro atoms. The highest BCUT2D eigenvalue weighted by Crippen LogP contribution is 2.24. The SMILES string of the molecule is CC(C)OC(=S)Nc1cc(Cl)ccc1C(=O)c1ccccc1. The number of carbonyl (C=O) groups is 1. The Morgan fingerprint density at radius 3 is 2.50 bits per heavy atom. The molecule has 0 heterocycles. The van der Waals surface area contributed by atoms with Crippen molar-refractivity contribution >= 4 is 40.5 Å². The van der Waals surface area contributed by atoms with Gasteiger partial charge >= 0.3 is 0 Å². The van der Waals surface area contributed by atoms with Crippen LogP contribution in [0.2, 0.25) is 5.02 Å². The summed E-state index contributed by atoms with van der Waals surface area (Å²) in [6, 6.07) is 14.1. The van der Waals surface area contributed by atoms with Crippen LogP contribution in [0.1, 0.15) is 29.8 Å². The topological polar surface area (TPSA) is 38.3 Å². The van der Waals surface area contributed by atoms with Crippen molar-refractivity contribution in [2.24, 2.45) is 0 Å². The highest BCUT2D eigenvalue weighted by molar-refractivity contribution is 7.80. The van der Waals surface area contributed by atoms with Crippen molar-refractivity contribution in [3.8, 4) is 0 Å². The minimum Gasteiger partial charge on any atom is -0.468 e. The highest BCUT2D eigenvalue weighted by Gasteiger charge is 2.15. The molecular formula is C17H16ClNO2S. The van der Waals surface area contributed by atoms with E-state index in [1.165, 1.54) is 0 Å². The quantitative estimate of drug-likeness (QED) is 0.650. The maximum Gasteiger partial charge on any atom is 0.261 e. The molecule has 0 unspecified atom stereocenters. The average Bonchev–Trinajstić information content (AvgIpc) is 2.47. The third-order valence-electron chi connectivity index (χ3n) is 2.84. The molecule has 0 aliphatic carbocycles. The van der Waals surface area contributed by atoms with Crippen LogP contribution in [0.4, 0.5) is 5.69 Å². The molecule has 0 aromatic heterocycles. The summed E-state index contributed by atoms with van der Waals surface area (Å²) < 4.78 is 5.40. The van der Waals surface area contributed by atoms with Crippen LogP contribution in [0.25, 0.3) is 0 Å². The molecule has 5 heteroatoms. The summed E-state index contributed by atoms with van der Waals surface area (Å²) in [6.07, 6.45) is -0.0486. The van der Waals surface area contributed by atoms with Gasteiger partial charge in [-0.3, -0.25) is 4.79 Å². The van der Waals surface area contributed by atoms with Gasteiger partial charge in [0.1, 0.15) is 0 Å². The first-order valence-corrected chi connectivity index (χ1v) is 7.63. The summed E-state index contributed by atoms with van der Waals surface area (Å²) in [5, 5.41) is 3.66. The predicted octanol–water partition coefficient (Wildman–Crippen LogP) is 4.69. The number of nitrogens with one attached hydrogen (secondary N) is 1. The van der Waals surface area contributed by atoms with Crippen molar-refractivity contribution < 1.29 is 9.53 Å². The van der Waals surface area contributed by atoms with E-state index < -0.39 is 0 Å². The Bertz CT molecular complexity index is 686. The van der Waals surface area contributed by atoms with Crippen LogP contribution in [-0.4, -0.2) is 17.1 Å². The van der Waals surface area contributed by atoms with E-state index in [1.807, 2.05) is 32.0 Å². The third-order valence-corrected chi connectivity index (χ3v) is 3.28. The van der Waals surface area contributed by atoms with Gasteiger partial charge in [0.05, 0.1) is 11.8 Å². The van der Waals surface area contributed by atoms with E-state index in [9.17, 15) is 4.79 Å². The fraction of sp³-hybridized carbons (Fsp3) is 0.176. The maximum absolute atomic E-state index is 12.6. The fourth-order valence-corrected chi connectivity index (χ4v) is 2.39. The van der Waals surface area contributed by atoms with Gasteiger partial charge in [0.15, 0.2) is 5.78 Å². The van der Waals surface area contributed by atoms with Crippen molar-refractivity contribution in [3.63, 3.8) is 0 Å². The lowest BCUT2D eigenvalue weighted by molar-refractivity contribution is 0.103. The Hall–Kier alpha value is -1.91. The van der Waals surface area contributed by atoms with Crippen LogP contribution in [0.3, 0.4) is 0 Å². The average molecular weight is 334 g/mol. The van der Waals surface area contributed by atoms with Crippen molar-refractivity contribution in [1.29, 1.82) is 0 Å². The Morgan fingerprint density at radius 1 is 1.18 bits per heavy atom. The molecule has 0 atom stereocenters. The number of hydrogen-bond acceptors (Lipinski definition) is 3. The smallest absolute Gasteiger partial charge is 0.261 e. The first-order chi connectivity index (χ1) is 10.5. The van der Waals surface area contributed by atoms with Crippen LogP contribution in [-0.2, 0) is 4.74 Å². The van der Waals surface area contributed by atoms with E-state index in [-0.39, 0.29) is 17.1 Å². The molecule has 0 aliphatic rings. The minimum atomic E-state index is -0.105. The molecule has 0 amide bonds. The molecule has 0 radical (unpaired) electrons. The van der Waals surface area contributed by atoms with E-state index >= 15 is 0 Å². The summed E-state index contributed by atoms with van der Waals surface area (Å²) in [5.41, 5.74) is 1.63. The lowest BCUT2D eigenvalue weighted by Gasteiger charge is -2.15. The van der Waals surface area contributed by atoms with Crippen LogP contribution < -0.4 is 5.32 Å². The largest absolute Gasteiger partial charge is 0.468 e. The van der Waals surface area contributed by atoms with Gasteiger partial charge in [-0.25, -0.2) is 0 Å². The molecule has 2 rings (SSSR count). The summed E-state index contributed by atoms with van der Waals surface area (Å²) in [6.45, 7) is 3.75. The van der Waals surface area contributed by atoms with E-state index in [0.717, 1.165) is 0 Å². The Kier molecular flexibility index (Phi) is 5.52. The standard InChI is InChI=1S/C17H16ClNO2S/c1-11(2)21-17(22)19-15-10-13(18)8-9-14(15)16(20)12-6-4-3-5-7-12/h3-11H,1-2H3,(H,19,22). The minimum absolute atomic E-state index is 0.0486. The van der Waals surface area contributed by atoms with Crippen molar-refractivity contribution in [3.05, 3.63) is 64.7 Å². The number of ether oxygens (including phenoxy) is 1. The fourth-order valence-electron chi connectivity index (χ4n) is 1.92. The van der Waals surface area contributed by atoms with Gasteiger partial charge in [-0.05, 0) is 44.3 Å². The number of benzene rings is 2. The van der Waals surface area contributed by atoms with Gasteiger partial charge < -0.3 is 10.1 Å². The normalized spacial score (nSPS) is 10.4. The molecule has 0 fully saturated rings. The van der Waals surface area contributed by atoms with Gasteiger partial charge in [0.2, 0.25) is 0 Å². The van der Waals surface area contributed by atoms with Crippen LogP contribution in [0.15, 0.2) is 48.5 Å². The van der Waals surface area contributed by atoms with Crippen LogP contribution in [0.5, 0.6) is 0 Å². The molecule has 114 valence electrons. The van der Waals surface area contributed by atoms with Gasteiger partial charge in [-0.15, -0.1) is 0 Å². The van der Waals surface area contributed by atoms with Gasteiger partial charge in [-0.1, -0.05) is 41.9 Å². The van der Waals surface area contributed by atoms with Crippen molar-refractivity contribution in [2.75, 3.05) is 5.32 Å². The zero-order chi connectivity index (χ0) is 16.1. The number of ketones is 1. The maximum atomic E-state index is 12.6. The third kappa shape index (κ3) is 4.29. The molecular weight excluding hydrogens is 318 g/mol. The zero-order valence-corrected chi connectivity index (χ0v) is 13.9. The summed E-state index contributed by atoms with van der Waals surface area (Å²) >= 11 is 11.2. The number of carbonyl (C=O) groups excluding carboxylic acids is 1. The van der Waals surface area contributed by atoms with Crippen molar-refractivity contribution in [2.45, 2.75) is 20.0 Å². The summed E-state index contributed by atoms with van der Waals surface area (Å²) in [5.74, 6) is -0.105. The monoisotopic (exact) mass is 333 g/mol. The number of anilines is 1. The zero-order valence-electron chi connectivity index (χ0n) is 12.3. The molecule has 3 nitrogen and oxygen atoms in total. The molecule has 0 saturated heterocycles. The molecule has 2 aromatic carbocycles. The molecule has 0 aliphatic heterocycles. The van der Waals surface area contributed by atoms with E-state index in [1.54, 1.807) is 30.3 Å². The lowest BCUT2D eigenvalue weighted by atomic mass is 10.0. The molecule has 1 N–H and O–H groups in total. The molecule has 2 aromatic rings. The Labute approximate surface area is 140 Å². The predicted molar refractivity (Wildman–Crippen MR) is 93.8 cm³/mol. The van der Waals surface area contributed by atoms with E-state index in [4.69, 9.17) is 28.6 Å². The van der Waals surface area contributed by atoms with Crippen LogP contribution >= 0.6 is 23.8 Å². The first kappa shape index (κ1) is 16.5. The van der Waals surface area contributed by atoms with E-state index in [2.05, 4.69) is 5.32 Å². The summed E-state index contributed by atoms with van der Waals surface area (Å²) in [4.78, 5) is 12.6. The van der Waals surface area contributed by atoms with Crippen LogP contribution in [0, 0.1) is 0 Å². The van der Waals surface area contributed by atoms with Crippen molar-refractivity contribution in [1.82, 2.24) is 0 Å². The first-order valence-electron chi connectivity index (χ1n) is 6.84. The second-order valence-electron chi connectivity index (χ2n) is 4.96. The second kappa shape index (κ2) is 7.38. The number of halogens is 1. The number of hydrogen-bond donors (Lipinski definition) is 1. The van der Waals surface area contributed by atoms with Gasteiger partial charge in [-0.2, -0.15) is 0 Å². The lowest BCUT2D eigenvalue weighted by Crippen LogP contribution is -2.19. The highest BCUT2D eigenvalue weighted by atomic mass is 35.5. The Morgan fingerprint density at radius 2 is 1.86 bits per heavy atom. The van der Waals surface area contributed by atoms with Gasteiger partial charge in [0.25, 0.3) is 5.17 Å². The number of thiocarbonyl (C=S) groups is 1. The van der Waals surface area contributed by atoms with E-state index in [0.29, 0.717) is 21.8 Å². The molecule has 0 saturated carbocycles.